The largest absolute Gasteiger partial charge is 0.487 e. The minimum Gasteiger partial charge on any atom is -0.487 e. The molecule has 0 aromatic heterocycles. The number of nitro groups is 1. The average Bonchev–Trinajstić information content (AvgIpc) is 2.27. The van der Waals surface area contributed by atoms with Crippen molar-refractivity contribution in [3.63, 3.8) is 0 Å². The molecule has 0 amide bonds. The Morgan fingerprint density at radius 2 is 2.24 bits per heavy atom. The Bertz CT molecular complexity index is 430. The van der Waals surface area contributed by atoms with E-state index in [4.69, 9.17) is 4.74 Å². The third-order valence-corrected chi connectivity index (χ3v) is 1.92. The molecule has 17 heavy (non-hydrogen) atoms. The first-order chi connectivity index (χ1) is 8.04. The topological polar surface area (TPSA) is 68.0 Å². The molecule has 0 bridgehead atoms. The zero-order chi connectivity index (χ0) is 12.8. The van der Waals surface area contributed by atoms with Crippen LogP contribution in [0.1, 0.15) is 12.5 Å². The summed E-state index contributed by atoms with van der Waals surface area (Å²) in [6.45, 7) is 2.18. The molecule has 0 fully saturated rings. The molecule has 0 spiro atoms. The zero-order valence-corrected chi connectivity index (χ0v) is 10.1. The van der Waals surface area contributed by atoms with Gasteiger partial charge in [0, 0.05) is 25.7 Å². The maximum atomic E-state index is 10.9. The van der Waals surface area contributed by atoms with Crippen molar-refractivity contribution in [1.82, 2.24) is 5.01 Å². The highest BCUT2D eigenvalue weighted by molar-refractivity contribution is 5.81. The molecule has 0 saturated carbocycles. The number of ether oxygens (including phenoxy) is 1. The predicted molar refractivity (Wildman–Crippen MR) is 65.5 cm³/mol. The summed E-state index contributed by atoms with van der Waals surface area (Å²) >= 11 is 0. The molecule has 6 nitrogen and oxygen atoms in total. The summed E-state index contributed by atoms with van der Waals surface area (Å²) in [7, 11) is 3.55. The van der Waals surface area contributed by atoms with Gasteiger partial charge >= 0.3 is 5.69 Å². The van der Waals surface area contributed by atoms with E-state index in [9.17, 15) is 10.1 Å². The Hall–Kier alpha value is -2.11. The first-order valence-electron chi connectivity index (χ1n) is 5.17. The van der Waals surface area contributed by atoms with Gasteiger partial charge < -0.3 is 9.75 Å². The predicted octanol–water partition coefficient (Wildman–Crippen LogP) is 1.89. The number of nitrogens with zero attached hydrogens (tertiary/aromatic N) is 3. The first-order valence-corrected chi connectivity index (χ1v) is 5.17. The molecule has 0 aliphatic rings. The highest BCUT2D eigenvalue weighted by atomic mass is 16.6. The van der Waals surface area contributed by atoms with Crippen LogP contribution in [0.25, 0.3) is 0 Å². The van der Waals surface area contributed by atoms with E-state index in [1.54, 1.807) is 44.4 Å². The first kappa shape index (κ1) is 13.0. The van der Waals surface area contributed by atoms with Crippen molar-refractivity contribution in [3.8, 4) is 5.75 Å². The minimum atomic E-state index is -0.460. The summed E-state index contributed by atoms with van der Waals surface area (Å²) in [5, 5.41) is 16.5. The SMILES string of the molecule is CCOc1ccc(/C=N/N(C)C)cc1[N+](=O)[O-]. The van der Waals surface area contributed by atoms with Crippen molar-refractivity contribution < 1.29 is 9.66 Å². The van der Waals surface area contributed by atoms with Gasteiger partial charge in [-0.2, -0.15) is 5.10 Å². The fourth-order valence-corrected chi connectivity index (χ4v) is 1.22. The fraction of sp³-hybridized carbons (Fsp3) is 0.364. The minimum absolute atomic E-state index is 0.0467. The van der Waals surface area contributed by atoms with Crippen molar-refractivity contribution in [2.24, 2.45) is 5.10 Å². The second-order valence-electron chi connectivity index (χ2n) is 3.51. The van der Waals surface area contributed by atoms with E-state index in [1.165, 1.54) is 6.07 Å². The molecule has 0 heterocycles. The van der Waals surface area contributed by atoms with Gasteiger partial charge in [-0.25, -0.2) is 0 Å². The Kier molecular flexibility index (Phi) is 4.45. The van der Waals surface area contributed by atoms with Gasteiger partial charge in [-0.1, -0.05) is 0 Å². The Balaban J connectivity index is 3.05. The molecule has 1 rings (SSSR count). The molecule has 0 unspecified atom stereocenters. The van der Waals surface area contributed by atoms with Crippen LogP contribution in [0.15, 0.2) is 23.3 Å². The normalized spacial score (nSPS) is 10.5. The summed E-state index contributed by atoms with van der Waals surface area (Å²) < 4.78 is 5.18. The molecule has 0 radical (unpaired) electrons. The van der Waals surface area contributed by atoms with E-state index in [2.05, 4.69) is 5.10 Å². The van der Waals surface area contributed by atoms with Crippen LogP contribution in [-0.2, 0) is 0 Å². The van der Waals surface area contributed by atoms with Gasteiger partial charge in [-0.15, -0.1) is 0 Å². The zero-order valence-electron chi connectivity index (χ0n) is 10.1. The van der Waals surface area contributed by atoms with Gasteiger partial charge in [-0.3, -0.25) is 10.1 Å². The molecule has 0 atom stereocenters. The lowest BCUT2D eigenvalue weighted by molar-refractivity contribution is -0.385. The van der Waals surface area contributed by atoms with Crippen molar-refractivity contribution in [1.29, 1.82) is 0 Å². The molecular formula is C11H15N3O3. The van der Waals surface area contributed by atoms with Gasteiger partial charge in [0.1, 0.15) is 0 Å². The maximum absolute atomic E-state index is 10.9. The van der Waals surface area contributed by atoms with E-state index in [0.29, 0.717) is 12.2 Å². The van der Waals surface area contributed by atoms with E-state index >= 15 is 0 Å². The van der Waals surface area contributed by atoms with Crippen LogP contribution < -0.4 is 4.74 Å². The van der Waals surface area contributed by atoms with Crippen LogP contribution in [0.3, 0.4) is 0 Å². The monoisotopic (exact) mass is 237 g/mol. The van der Waals surface area contributed by atoms with Gasteiger partial charge in [0.05, 0.1) is 17.7 Å². The number of benzene rings is 1. The van der Waals surface area contributed by atoms with Gasteiger partial charge in [-0.05, 0) is 19.1 Å². The highest BCUT2D eigenvalue weighted by Crippen LogP contribution is 2.27. The van der Waals surface area contributed by atoms with Gasteiger partial charge in [0.2, 0.25) is 0 Å². The van der Waals surface area contributed by atoms with Crippen molar-refractivity contribution >= 4 is 11.9 Å². The fourth-order valence-electron chi connectivity index (χ4n) is 1.22. The molecule has 6 heteroatoms. The molecule has 92 valence electrons. The highest BCUT2D eigenvalue weighted by Gasteiger charge is 2.14. The quantitative estimate of drug-likeness (QED) is 0.445. The Labute approximate surface area is 99.6 Å². The van der Waals surface area contributed by atoms with Crippen LogP contribution in [0.4, 0.5) is 5.69 Å². The van der Waals surface area contributed by atoms with Crippen LogP contribution in [0.5, 0.6) is 5.75 Å². The summed E-state index contributed by atoms with van der Waals surface area (Å²) in [5.41, 5.74) is 0.614. The van der Waals surface area contributed by atoms with Crippen molar-refractivity contribution in [3.05, 3.63) is 33.9 Å². The van der Waals surface area contributed by atoms with Crippen LogP contribution in [0, 0.1) is 10.1 Å². The lowest BCUT2D eigenvalue weighted by Gasteiger charge is -2.05. The lowest BCUT2D eigenvalue weighted by atomic mass is 10.2. The summed E-state index contributed by atoms with van der Waals surface area (Å²) in [5.74, 6) is 0.277. The van der Waals surface area contributed by atoms with Crippen LogP contribution in [0.2, 0.25) is 0 Å². The van der Waals surface area contributed by atoms with E-state index in [1.807, 2.05) is 0 Å². The third-order valence-electron chi connectivity index (χ3n) is 1.92. The second kappa shape index (κ2) is 5.83. The van der Waals surface area contributed by atoms with Gasteiger partial charge in [0.15, 0.2) is 5.75 Å². The van der Waals surface area contributed by atoms with Gasteiger partial charge in [0.25, 0.3) is 0 Å². The summed E-state index contributed by atoms with van der Waals surface area (Å²) in [6, 6.07) is 4.75. The Morgan fingerprint density at radius 3 is 2.76 bits per heavy atom. The number of nitro benzene ring substituents is 1. The van der Waals surface area contributed by atoms with Crippen molar-refractivity contribution in [2.75, 3.05) is 20.7 Å². The molecular weight excluding hydrogens is 222 g/mol. The van der Waals surface area contributed by atoms with E-state index < -0.39 is 4.92 Å². The third kappa shape index (κ3) is 3.75. The van der Waals surface area contributed by atoms with Crippen LogP contribution in [-0.4, -0.2) is 36.8 Å². The lowest BCUT2D eigenvalue weighted by Crippen LogP contribution is -2.02. The smallest absolute Gasteiger partial charge is 0.311 e. The Morgan fingerprint density at radius 1 is 1.53 bits per heavy atom. The second-order valence-corrected chi connectivity index (χ2v) is 3.51. The van der Waals surface area contributed by atoms with E-state index in [0.717, 1.165) is 0 Å². The molecule has 1 aromatic carbocycles. The number of hydrazone groups is 1. The molecule has 0 N–H and O–H groups in total. The number of rotatable bonds is 5. The molecule has 0 saturated heterocycles. The number of hydrogen-bond donors (Lipinski definition) is 0. The van der Waals surface area contributed by atoms with Crippen LogP contribution >= 0.6 is 0 Å². The number of hydrogen-bond acceptors (Lipinski definition) is 5. The summed E-state index contributed by atoms with van der Waals surface area (Å²) in [6.07, 6.45) is 1.56. The average molecular weight is 237 g/mol. The standard InChI is InChI=1S/C11H15N3O3/c1-4-17-11-6-5-9(8-12-13(2)3)7-10(11)14(15)16/h5-8H,4H2,1-3H3/b12-8+. The van der Waals surface area contributed by atoms with E-state index in [-0.39, 0.29) is 11.4 Å². The molecule has 1 aromatic rings. The van der Waals surface area contributed by atoms with Crippen molar-refractivity contribution in [2.45, 2.75) is 6.92 Å². The molecule has 0 aliphatic carbocycles. The maximum Gasteiger partial charge on any atom is 0.311 e. The summed E-state index contributed by atoms with van der Waals surface area (Å²) in [4.78, 5) is 10.4. The molecule has 0 aliphatic heterocycles.